The van der Waals surface area contributed by atoms with Crippen LogP contribution in [0.1, 0.15) is 33.6 Å². The van der Waals surface area contributed by atoms with Gasteiger partial charge in [0.05, 0.1) is 0 Å². The van der Waals surface area contributed by atoms with Crippen molar-refractivity contribution < 1.29 is 24.6 Å². The Morgan fingerprint density at radius 2 is 1.94 bits per heavy atom. The lowest BCUT2D eigenvalue weighted by Crippen LogP contribution is -2.57. The number of carboxylic acid groups (broad SMARTS) is 1. The van der Waals surface area contributed by atoms with Crippen molar-refractivity contribution in [1.29, 1.82) is 0 Å². The van der Waals surface area contributed by atoms with Crippen LogP contribution in [0.5, 0.6) is 0 Å². The maximum atomic E-state index is 11.8. The van der Waals surface area contributed by atoms with Crippen LogP contribution in [0.4, 0.5) is 0 Å². The number of carbonyl (C=O) groups excluding carboxylic acids is 1. The molecule has 0 aromatic rings. The van der Waals surface area contributed by atoms with Gasteiger partial charge in [0.2, 0.25) is 5.54 Å². The molecule has 92 valence electrons. The molecule has 6 heteroatoms. The van der Waals surface area contributed by atoms with Gasteiger partial charge in [-0.25, -0.2) is 9.59 Å². The maximum absolute atomic E-state index is 11.8. The lowest BCUT2D eigenvalue weighted by atomic mass is 9.97. The largest absolute Gasteiger partial charge is 0.479 e. The van der Waals surface area contributed by atoms with Gasteiger partial charge in [0.15, 0.2) is 0 Å². The molecular formula is C10H17NO5. The van der Waals surface area contributed by atoms with E-state index in [4.69, 9.17) is 9.84 Å². The van der Waals surface area contributed by atoms with Gasteiger partial charge in [-0.2, -0.15) is 5.06 Å². The number of hydrogen-bond donors (Lipinski definition) is 2. The highest BCUT2D eigenvalue weighted by Gasteiger charge is 2.56. The van der Waals surface area contributed by atoms with E-state index in [9.17, 15) is 14.8 Å². The van der Waals surface area contributed by atoms with Gasteiger partial charge in [-0.15, -0.1) is 0 Å². The number of hydrogen-bond acceptors (Lipinski definition) is 5. The van der Waals surface area contributed by atoms with E-state index in [0.29, 0.717) is 11.5 Å². The Morgan fingerprint density at radius 1 is 1.38 bits per heavy atom. The van der Waals surface area contributed by atoms with Crippen LogP contribution in [0, 0.1) is 0 Å². The van der Waals surface area contributed by atoms with Crippen LogP contribution in [0.3, 0.4) is 0 Å². The summed E-state index contributed by atoms with van der Waals surface area (Å²) in [4.78, 5) is 23.0. The predicted molar refractivity (Wildman–Crippen MR) is 53.9 cm³/mol. The van der Waals surface area contributed by atoms with Gasteiger partial charge in [0, 0.05) is 6.54 Å². The molecule has 0 spiro atoms. The average molecular weight is 231 g/mol. The molecule has 0 amide bonds. The summed E-state index contributed by atoms with van der Waals surface area (Å²) in [6, 6.07) is 0. The molecule has 1 atom stereocenters. The molecule has 0 bridgehead atoms. The SMILES string of the molecule is CC(C)(C)OC(=O)C1(C(=O)O)CCCN1O. The summed E-state index contributed by atoms with van der Waals surface area (Å²) < 4.78 is 5.04. The fourth-order valence-corrected chi connectivity index (χ4v) is 1.68. The van der Waals surface area contributed by atoms with Gasteiger partial charge >= 0.3 is 11.9 Å². The monoisotopic (exact) mass is 231 g/mol. The molecule has 1 saturated heterocycles. The van der Waals surface area contributed by atoms with Gasteiger partial charge in [-0.05, 0) is 33.6 Å². The van der Waals surface area contributed by atoms with Crippen LogP contribution >= 0.6 is 0 Å². The van der Waals surface area contributed by atoms with Crippen LogP contribution in [0.2, 0.25) is 0 Å². The zero-order chi connectivity index (χ0) is 12.6. The number of aliphatic carboxylic acids is 1. The molecule has 1 aliphatic rings. The molecule has 1 rings (SSSR count). The first-order valence-electron chi connectivity index (χ1n) is 5.13. The lowest BCUT2D eigenvalue weighted by Gasteiger charge is -2.31. The van der Waals surface area contributed by atoms with Gasteiger partial charge < -0.3 is 15.1 Å². The van der Waals surface area contributed by atoms with Gasteiger partial charge in [-0.3, -0.25) is 0 Å². The third kappa shape index (κ3) is 2.17. The number of ether oxygens (including phenoxy) is 1. The zero-order valence-electron chi connectivity index (χ0n) is 9.69. The van der Waals surface area contributed by atoms with Crippen LogP contribution in [-0.2, 0) is 14.3 Å². The van der Waals surface area contributed by atoms with Crippen LogP contribution < -0.4 is 0 Å². The Kier molecular flexibility index (Phi) is 3.25. The van der Waals surface area contributed by atoms with Crippen LogP contribution in [0.25, 0.3) is 0 Å². The minimum absolute atomic E-state index is 0.0632. The summed E-state index contributed by atoms with van der Waals surface area (Å²) in [6.07, 6.45) is 0.510. The Labute approximate surface area is 93.8 Å². The van der Waals surface area contributed by atoms with E-state index in [0.717, 1.165) is 0 Å². The van der Waals surface area contributed by atoms with Crippen molar-refractivity contribution in [3.8, 4) is 0 Å². The summed E-state index contributed by atoms with van der Waals surface area (Å²) in [5.74, 6) is -2.28. The Balaban J connectivity index is 2.95. The smallest absolute Gasteiger partial charge is 0.341 e. The number of carboxylic acids is 1. The van der Waals surface area contributed by atoms with E-state index < -0.39 is 23.1 Å². The molecule has 16 heavy (non-hydrogen) atoms. The molecule has 0 radical (unpaired) electrons. The fourth-order valence-electron chi connectivity index (χ4n) is 1.68. The highest BCUT2D eigenvalue weighted by molar-refractivity contribution is 6.04. The zero-order valence-corrected chi connectivity index (χ0v) is 9.69. The van der Waals surface area contributed by atoms with Gasteiger partial charge in [0.25, 0.3) is 0 Å². The second kappa shape index (κ2) is 4.03. The van der Waals surface area contributed by atoms with Crippen molar-refractivity contribution in [2.45, 2.75) is 44.8 Å². The van der Waals surface area contributed by atoms with Crippen molar-refractivity contribution in [3.63, 3.8) is 0 Å². The molecule has 1 fully saturated rings. The van der Waals surface area contributed by atoms with E-state index in [1.807, 2.05) is 0 Å². The first-order valence-corrected chi connectivity index (χ1v) is 5.13. The summed E-state index contributed by atoms with van der Waals surface area (Å²) in [5, 5.41) is 19.2. The van der Waals surface area contributed by atoms with E-state index in [1.54, 1.807) is 20.8 Å². The van der Waals surface area contributed by atoms with Crippen LogP contribution in [-0.4, -0.2) is 45.0 Å². The predicted octanol–water partition coefficient (Wildman–Crippen LogP) is 0.637. The average Bonchev–Trinajstić information content (AvgIpc) is 2.44. The molecule has 1 heterocycles. The minimum atomic E-state index is -1.94. The number of hydroxylamine groups is 2. The Morgan fingerprint density at radius 3 is 2.25 bits per heavy atom. The summed E-state index contributed by atoms with van der Waals surface area (Å²) >= 11 is 0. The van der Waals surface area contributed by atoms with E-state index in [-0.39, 0.29) is 13.0 Å². The number of esters is 1. The van der Waals surface area contributed by atoms with E-state index in [2.05, 4.69) is 0 Å². The van der Waals surface area contributed by atoms with Crippen molar-refractivity contribution in [1.82, 2.24) is 5.06 Å². The fraction of sp³-hybridized carbons (Fsp3) is 0.800. The van der Waals surface area contributed by atoms with Gasteiger partial charge in [-0.1, -0.05) is 0 Å². The van der Waals surface area contributed by atoms with Crippen molar-refractivity contribution in [3.05, 3.63) is 0 Å². The quantitative estimate of drug-likeness (QED) is 0.535. The molecular weight excluding hydrogens is 214 g/mol. The van der Waals surface area contributed by atoms with Crippen molar-refractivity contribution in [2.24, 2.45) is 0 Å². The Hall–Kier alpha value is -1.14. The lowest BCUT2D eigenvalue weighted by molar-refractivity contribution is -0.206. The summed E-state index contributed by atoms with van der Waals surface area (Å²) in [6.45, 7) is 5.11. The van der Waals surface area contributed by atoms with E-state index in [1.165, 1.54) is 0 Å². The normalized spacial score (nSPS) is 26.8. The Bertz CT molecular complexity index is 309. The third-order valence-corrected chi connectivity index (χ3v) is 2.44. The molecule has 2 N–H and O–H groups in total. The first kappa shape index (κ1) is 12.9. The second-order valence-corrected chi connectivity index (χ2v) is 4.89. The maximum Gasteiger partial charge on any atom is 0.341 e. The molecule has 1 aliphatic heterocycles. The number of rotatable bonds is 2. The highest BCUT2D eigenvalue weighted by atomic mass is 16.6. The first-order chi connectivity index (χ1) is 7.20. The van der Waals surface area contributed by atoms with Crippen molar-refractivity contribution in [2.75, 3.05) is 6.54 Å². The summed E-state index contributed by atoms with van der Waals surface area (Å²) in [7, 11) is 0. The molecule has 1 unspecified atom stereocenters. The molecule has 0 aromatic carbocycles. The molecule has 0 saturated carbocycles. The molecule has 0 aromatic heterocycles. The molecule has 6 nitrogen and oxygen atoms in total. The number of carbonyl (C=O) groups is 2. The topological polar surface area (TPSA) is 87.1 Å². The van der Waals surface area contributed by atoms with Crippen LogP contribution in [0.15, 0.2) is 0 Å². The van der Waals surface area contributed by atoms with E-state index >= 15 is 0 Å². The minimum Gasteiger partial charge on any atom is -0.479 e. The second-order valence-electron chi connectivity index (χ2n) is 4.89. The number of nitrogens with zero attached hydrogens (tertiary/aromatic N) is 1. The molecule has 0 aliphatic carbocycles. The standard InChI is InChI=1S/C10H17NO5/c1-9(2,3)16-8(14)10(7(12)13)5-4-6-11(10)15/h15H,4-6H2,1-3H3,(H,12,13). The van der Waals surface area contributed by atoms with Gasteiger partial charge in [0.1, 0.15) is 5.60 Å². The summed E-state index contributed by atoms with van der Waals surface area (Å²) in [5.41, 5.74) is -2.71. The van der Waals surface area contributed by atoms with Crippen molar-refractivity contribution >= 4 is 11.9 Å². The highest BCUT2D eigenvalue weighted by Crippen LogP contribution is 2.30. The third-order valence-electron chi connectivity index (χ3n) is 2.44.